The van der Waals surface area contributed by atoms with Crippen LogP contribution < -0.4 is 5.56 Å². The summed E-state index contributed by atoms with van der Waals surface area (Å²) in [5.74, 6) is 0. The van der Waals surface area contributed by atoms with E-state index in [1.807, 2.05) is 36.5 Å². The van der Waals surface area contributed by atoms with Crippen molar-refractivity contribution in [2.45, 2.75) is 19.5 Å². The van der Waals surface area contributed by atoms with Crippen molar-refractivity contribution in [3.63, 3.8) is 0 Å². The summed E-state index contributed by atoms with van der Waals surface area (Å²) in [5, 5.41) is 7.87. The first-order valence-electron chi connectivity index (χ1n) is 11.2. The Balaban J connectivity index is 1.35. The van der Waals surface area contributed by atoms with Crippen LogP contribution in [-0.2, 0) is 19.5 Å². The molecule has 33 heavy (non-hydrogen) atoms. The van der Waals surface area contributed by atoms with E-state index in [2.05, 4.69) is 56.5 Å². The van der Waals surface area contributed by atoms with E-state index in [0.717, 1.165) is 48.4 Å². The molecular weight excluding hydrogens is 410 g/mol. The zero-order chi connectivity index (χ0) is 22.2. The smallest absolute Gasteiger partial charge is 0.257 e. The van der Waals surface area contributed by atoms with Crippen LogP contribution in [0.4, 0.5) is 0 Å². The van der Waals surface area contributed by atoms with E-state index in [1.54, 1.807) is 6.20 Å². The summed E-state index contributed by atoms with van der Waals surface area (Å²) in [5.41, 5.74) is 8.31. The molecule has 0 bridgehead atoms. The van der Waals surface area contributed by atoms with E-state index in [1.165, 1.54) is 16.8 Å². The fourth-order valence-electron chi connectivity index (χ4n) is 4.61. The first-order valence-corrected chi connectivity index (χ1v) is 11.2. The maximum absolute atomic E-state index is 12.4. The molecular formula is C27H23N5O. The summed E-state index contributed by atoms with van der Waals surface area (Å²) >= 11 is 0. The lowest BCUT2D eigenvalue weighted by molar-refractivity contribution is 0.245. The van der Waals surface area contributed by atoms with Crippen molar-refractivity contribution in [3.05, 3.63) is 106 Å². The Morgan fingerprint density at radius 3 is 2.67 bits per heavy atom. The van der Waals surface area contributed by atoms with Gasteiger partial charge in [-0.15, -0.1) is 0 Å². The van der Waals surface area contributed by atoms with Gasteiger partial charge < -0.3 is 4.98 Å². The molecule has 1 aliphatic rings. The van der Waals surface area contributed by atoms with Gasteiger partial charge in [-0.3, -0.25) is 14.8 Å². The third-order valence-electron chi connectivity index (χ3n) is 6.35. The highest BCUT2D eigenvalue weighted by molar-refractivity contribution is 5.91. The molecule has 0 atom stereocenters. The van der Waals surface area contributed by atoms with Crippen LogP contribution in [0.2, 0.25) is 0 Å². The van der Waals surface area contributed by atoms with Crippen molar-refractivity contribution >= 4 is 10.9 Å². The molecule has 0 unspecified atom stereocenters. The monoisotopic (exact) mass is 433 g/mol. The molecule has 2 aromatic carbocycles. The maximum Gasteiger partial charge on any atom is 0.257 e. The lowest BCUT2D eigenvalue weighted by atomic mass is 9.97. The topological polar surface area (TPSA) is 77.7 Å². The molecule has 4 heterocycles. The molecule has 6 rings (SSSR count). The summed E-state index contributed by atoms with van der Waals surface area (Å²) in [7, 11) is 0. The van der Waals surface area contributed by atoms with Gasteiger partial charge in [-0.2, -0.15) is 5.10 Å². The zero-order valence-electron chi connectivity index (χ0n) is 18.1. The predicted octanol–water partition coefficient (Wildman–Crippen LogP) is 4.54. The molecule has 6 heteroatoms. The second-order valence-corrected chi connectivity index (χ2v) is 8.52. The number of aromatic nitrogens is 4. The molecule has 5 aromatic rings. The van der Waals surface area contributed by atoms with Gasteiger partial charge in [0.15, 0.2) is 0 Å². The minimum atomic E-state index is -0.124. The highest BCUT2D eigenvalue weighted by Crippen LogP contribution is 2.33. The average Bonchev–Trinajstić information content (AvgIpc) is 3.33. The number of nitrogens with zero attached hydrogens (tertiary/aromatic N) is 3. The Bertz CT molecular complexity index is 1490. The SMILES string of the molecule is O=c1[nH]ccc2nc(-c3ccc(CN4CCc5[nH]ncc5C4)cc3)c(-c3ccccc3)cc12. The van der Waals surface area contributed by atoms with Gasteiger partial charge in [0.05, 0.1) is 22.8 Å². The maximum atomic E-state index is 12.4. The molecule has 0 fully saturated rings. The summed E-state index contributed by atoms with van der Waals surface area (Å²) in [6.45, 7) is 2.85. The van der Waals surface area contributed by atoms with Gasteiger partial charge in [0, 0.05) is 54.6 Å². The molecule has 1 aliphatic heterocycles. The summed E-state index contributed by atoms with van der Waals surface area (Å²) < 4.78 is 0. The van der Waals surface area contributed by atoms with Gasteiger partial charge in [-0.05, 0) is 23.3 Å². The molecule has 2 N–H and O–H groups in total. The van der Waals surface area contributed by atoms with E-state index in [9.17, 15) is 4.79 Å². The van der Waals surface area contributed by atoms with Crippen molar-refractivity contribution in [2.75, 3.05) is 6.54 Å². The van der Waals surface area contributed by atoms with Gasteiger partial charge in [0.25, 0.3) is 5.56 Å². The van der Waals surface area contributed by atoms with Gasteiger partial charge in [-0.25, -0.2) is 4.98 Å². The minimum Gasteiger partial charge on any atom is -0.328 e. The van der Waals surface area contributed by atoms with Crippen molar-refractivity contribution < 1.29 is 0 Å². The number of benzene rings is 2. The van der Waals surface area contributed by atoms with Gasteiger partial charge in [-0.1, -0.05) is 54.6 Å². The lowest BCUT2D eigenvalue weighted by Crippen LogP contribution is -2.29. The van der Waals surface area contributed by atoms with Crippen LogP contribution in [0.25, 0.3) is 33.3 Å². The Morgan fingerprint density at radius 2 is 1.82 bits per heavy atom. The van der Waals surface area contributed by atoms with Crippen LogP contribution in [0, 0.1) is 0 Å². The third-order valence-corrected chi connectivity index (χ3v) is 6.35. The van der Waals surface area contributed by atoms with E-state index < -0.39 is 0 Å². The molecule has 0 saturated heterocycles. The number of nitrogens with one attached hydrogen (secondary N) is 2. The predicted molar refractivity (Wildman–Crippen MR) is 130 cm³/mol. The Kier molecular flexibility index (Phi) is 4.85. The van der Waals surface area contributed by atoms with Crippen molar-refractivity contribution in [1.82, 2.24) is 25.1 Å². The largest absolute Gasteiger partial charge is 0.328 e. The minimum absolute atomic E-state index is 0.124. The highest BCUT2D eigenvalue weighted by Gasteiger charge is 2.18. The van der Waals surface area contributed by atoms with Crippen LogP contribution in [0.1, 0.15) is 16.8 Å². The first kappa shape index (κ1) is 19.6. The van der Waals surface area contributed by atoms with Crippen LogP contribution in [0.15, 0.2) is 83.9 Å². The Morgan fingerprint density at radius 1 is 0.970 bits per heavy atom. The average molecular weight is 434 g/mol. The molecule has 0 spiro atoms. The van der Waals surface area contributed by atoms with Gasteiger partial charge >= 0.3 is 0 Å². The number of H-pyrrole nitrogens is 2. The molecule has 0 radical (unpaired) electrons. The van der Waals surface area contributed by atoms with Crippen molar-refractivity contribution in [2.24, 2.45) is 0 Å². The quantitative estimate of drug-likeness (QED) is 0.436. The number of fused-ring (bicyclic) bond motifs is 2. The molecule has 0 amide bonds. The van der Waals surface area contributed by atoms with Crippen LogP contribution >= 0.6 is 0 Å². The lowest BCUT2D eigenvalue weighted by Gasteiger charge is -2.26. The van der Waals surface area contributed by atoms with E-state index in [4.69, 9.17) is 4.98 Å². The normalized spacial score (nSPS) is 13.8. The molecule has 0 aliphatic carbocycles. The Labute approximate surface area is 190 Å². The van der Waals surface area contributed by atoms with Crippen LogP contribution in [0.3, 0.4) is 0 Å². The summed E-state index contributed by atoms with van der Waals surface area (Å²) in [4.78, 5) is 22.5. The summed E-state index contributed by atoms with van der Waals surface area (Å²) in [6.07, 6.45) is 4.59. The molecule has 6 nitrogen and oxygen atoms in total. The van der Waals surface area contributed by atoms with E-state index in [-0.39, 0.29) is 5.56 Å². The third kappa shape index (κ3) is 3.75. The number of hydrogen-bond donors (Lipinski definition) is 2. The van der Waals surface area contributed by atoms with Crippen LogP contribution in [0.5, 0.6) is 0 Å². The first-order chi connectivity index (χ1) is 16.2. The molecule has 0 saturated carbocycles. The van der Waals surface area contributed by atoms with E-state index >= 15 is 0 Å². The molecule has 3 aromatic heterocycles. The van der Waals surface area contributed by atoms with Gasteiger partial charge in [0.2, 0.25) is 0 Å². The van der Waals surface area contributed by atoms with Crippen molar-refractivity contribution in [1.29, 1.82) is 0 Å². The summed E-state index contributed by atoms with van der Waals surface area (Å²) in [6, 6.07) is 22.5. The standard InChI is InChI=1S/C27H23N5O/c33-27-23-14-22(19-4-2-1-3-5-19)26(30-25(23)10-12-28-27)20-8-6-18(7-9-20)16-32-13-11-24-21(17-32)15-29-31-24/h1-10,12,14-15H,11,13,16-17H2,(H,28,33)(H,29,31). The fourth-order valence-corrected chi connectivity index (χ4v) is 4.61. The zero-order valence-corrected chi connectivity index (χ0v) is 18.1. The van der Waals surface area contributed by atoms with Gasteiger partial charge in [0.1, 0.15) is 0 Å². The second-order valence-electron chi connectivity index (χ2n) is 8.52. The fraction of sp³-hybridized carbons (Fsp3) is 0.148. The second kappa shape index (κ2) is 8.15. The number of rotatable bonds is 4. The highest BCUT2D eigenvalue weighted by atomic mass is 16.1. The van der Waals surface area contributed by atoms with Crippen LogP contribution in [-0.4, -0.2) is 31.6 Å². The number of hydrogen-bond acceptors (Lipinski definition) is 4. The Hall–Kier alpha value is -4.03. The number of pyridine rings is 2. The molecule has 162 valence electrons. The van der Waals surface area contributed by atoms with E-state index in [0.29, 0.717) is 10.9 Å². The van der Waals surface area contributed by atoms with Crippen molar-refractivity contribution in [3.8, 4) is 22.4 Å². The number of aromatic amines is 2.